The molecule has 0 unspecified atom stereocenters. The third kappa shape index (κ3) is 4.87. The molecular weight excluding hydrogens is 635 g/mol. The van der Waals surface area contributed by atoms with Gasteiger partial charge in [0.15, 0.2) is 5.82 Å². The Hall–Kier alpha value is -6.65. The van der Waals surface area contributed by atoms with Crippen LogP contribution in [0.15, 0.2) is 168 Å². The molecule has 1 aliphatic rings. The van der Waals surface area contributed by atoms with Gasteiger partial charge in [-0.2, -0.15) is 0 Å². The highest BCUT2D eigenvalue weighted by molar-refractivity contribution is 6.06. The lowest BCUT2D eigenvalue weighted by Gasteiger charge is -2.22. The number of benzene rings is 6. The third-order valence-corrected chi connectivity index (χ3v) is 10.6. The highest BCUT2D eigenvalue weighted by Crippen LogP contribution is 2.49. The zero-order valence-electron chi connectivity index (χ0n) is 28.8. The van der Waals surface area contributed by atoms with Crippen LogP contribution < -0.4 is 0 Å². The third-order valence-electron chi connectivity index (χ3n) is 10.6. The topological polar surface area (TPSA) is 51.8 Å². The fourth-order valence-electron chi connectivity index (χ4n) is 7.88. The van der Waals surface area contributed by atoms with Crippen molar-refractivity contribution in [3.05, 3.63) is 175 Å². The summed E-state index contributed by atoms with van der Waals surface area (Å²) in [4.78, 5) is 15.1. The molecule has 246 valence electrons. The van der Waals surface area contributed by atoms with Crippen LogP contribution in [0, 0.1) is 0 Å². The maximum Gasteiger partial charge on any atom is 0.160 e. The normalized spacial score (nSPS) is 13.0. The quantitative estimate of drug-likeness (QED) is 0.183. The van der Waals surface area contributed by atoms with Gasteiger partial charge in [0.25, 0.3) is 0 Å². The first-order chi connectivity index (χ1) is 25.5. The summed E-state index contributed by atoms with van der Waals surface area (Å²) in [7, 11) is 0. The summed E-state index contributed by atoms with van der Waals surface area (Å²) in [5.41, 5.74) is 15.9. The van der Waals surface area contributed by atoms with E-state index in [9.17, 15) is 0 Å². The fourth-order valence-corrected chi connectivity index (χ4v) is 7.88. The van der Waals surface area contributed by atoms with Crippen molar-refractivity contribution in [1.29, 1.82) is 0 Å². The van der Waals surface area contributed by atoms with Crippen molar-refractivity contribution in [2.75, 3.05) is 0 Å². The monoisotopic (exact) mass is 667 g/mol. The summed E-state index contributed by atoms with van der Waals surface area (Å²) in [5.74, 6) is 0.704. The summed E-state index contributed by atoms with van der Waals surface area (Å²) in [6.45, 7) is 4.63. The van der Waals surface area contributed by atoms with Crippen LogP contribution >= 0.6 is 0 Å². The molecule has 0 atom stereocenters. The zero-order valence-corrected chi connectivity index (χ0v) is 28.8. The van der Waals surface area contributed by atoms with Crippen LogP contribution in [0.1, 0.15) is 25.0 Å². The van der Waals surface area contributed by atoms with Crippen LogP contribution in [0.4, 0.5) is 0 Å². The van der Waals surface area contributed by atoms with E-state index in [1.807, 2.05) is 48.7 Å². The summed E-state index contributed by atoms with van der Waals surface area (Å²) in [6, 6.07) is 55.2. The molecule has 0 spiro atoms. The molecule has 0 aliphatic heterocycles. The summed E-state index contributed by atoms with van der Waals surface area (Å²) in [6.07, 6.45) is 1.85. The first-order valence-electron chi connectivity index (χ1n) is 17.7. The Morgan fingerprint density at radius 2 is 1.10 bits per heavy atom. The molecule has 0 amide bonds. The molecule has 0 saturated carbocycles. The minimum absolute atomic E-state index is 0.0984. The van der Waals surface area contributed by atoms with Crippen LogP contribution in [-0.4, -0.2) is 15.0 Å². The molecule has 4 nitrogen and oxygen atoms in total. The Morgan fingerprint density at radius 3 is 1.96 bits per heavy atom. The largest absolute Gasteiger partial charge is 0.456 e. The number of aromatic nitrogens is 3. The van der Waals surface area contributed by atoms with E-state index < -0.39 is 0 Å². The summed E-state index contributed by atoms with van der Waals surface area (Å²) >= 11 is 0. The lowest BCUT2D eigenvalue weighted by atomic mass is 9.82. The van der Waals surface area contributed by atoms with Gasteiger partial charge < -0.3 is 4.42 Å². The molecule has 3 aromatic heterocycles. The standard InChI is InChI=1S/C48H33N3O/c1-48(2)40-16-8-6-13-36(40)37-24-22-33(27-41(37)48)43-29-42(50-47(51-43)32-11-4-3-5-12-32)31-20-18-30(19-21-31)35-15-10-26-49-46(35)34-23-25-39-38-14-7-9-17-44(38)52-45(39)28-34/h3-29H,1-2H3. The minimum atomic E-state index is -0.0984. The van der Waals surface area contributed by atoms with Gasteiger partial charge >= 0.3 is 0 Å². The maximum absolute atomic E-state index is 6.21. The van der Waals surface area contributed by atoms with Crippen molar-refractivity contribution >= 4 is 21.9 Å². The van der Waals surface area contributed by atoms with Crippen LogP contribution in [0.2, 0.25) is 0 Å². The Morgan fingerprint density at radius 1 is 0.442 bits per heavy atom. The molecule has 0 fully saturated rings. The van der Waals surface area contributed by atoms with E-state index in [0.717, 1.165) is 72.4 Å². The maximum atomic E-state index is 6.21. The van der Waals surface area contributed by atoms with Gasteiger partial charge in [-0.25, -0.2) is 9.97 Å². The van der Waals surface area contributed by atoms with E-state index in [0.29, 0.717) is 5.82 Å². The second-order valence-electron chi connectivity index (χ2n) is 14.0. The van der Waals surface area contributed by atoms with Gasteiger partial charge in [0.2, 0.25) is 0 Å². The molecule has 1 aliphatic carbocycles. The second kappa shape index (κ2) is 11.7. The Bertz CT molecular complexity index is 2810. The van der Waals surface area contributed by atoms with Gasteiger partial charge in [-0.15, -0.1) is 0 Å². The molecule has 52 heavy (non-hydrogen) atoms. The summed E-state index contributed by atoms with van der Waals surface area (Å²) < 4.78 is 6.21. The van der Waals surface area contributed by atoms with Gasteiger partial charge in [-0.1, -0.05) is 135 Å². The van der Waals surface area contributed by atoms with E-state index in [1.165, 1.54) is 22.3 Å². The SMILES string of the molecule is CC1(C)c2ccccc2-c2ccc(-c3cc(-c4ccc(-c5cccnc5-c5ccc6c(c5)oc5ccccc56)cc4)nc(-c4ccccc4)n3)cc21. The zero-order chi connectivity index (χ0) is 34.8. The van der Waals surface area contributed by atoms with Crippen molar-refractivity contribution in [1.82, 2.24) is 15.0 Å². The molecular formula is C48H33N3O. The van der Waals surface area contributed by atoms with Gasteiger partial charge in [0.1, 0.15) is 11.2 Å². The highest BCUT2D eigenvalue weighted by Gasteiger charge is 2.35. The number of fused-ring (bicyclic) bond motifs is 6. The predicted octanol–water partition coefficient (Wildman–Crippen LogP) is 12.4. The number of furan rings is 1. The molecule has 0 N–H and O–H groups in total. The lowest BCUT2D eigenvalue weighted by Crippen LogP contribution is -2.14. The van der Waals surface area contributed by atoms with E-state index in [1.54, 1.807) is 0 Å². The molecule has 0 saturated heterocycles. The molecule has 10 rings (SSSR count). The predicted molar refractivity (Wildman–Crippen MR) is 212 cm³/mol. The number of hydrogen-bond donors (Lipinski definition) is 0. The lowest BCUT2D eigenvalue weighted by molar-refractivity contribution is 0.660. The molecule has 0 bridgehead atoms. The van der Waals surface area contributed by atoms with Crippen LogP contribution in [0.25, 0.3) is 89.4 Å². The smallest absolute Gasteiger partial charge is 0.160 e. The van der Waals surface area contributed by atoms with Crippen molar-refractivity contribution in [2.24, 2.45) is 0 Å². The first-order valence-corrected chi connectivity index (χ1v) is 17.7. The van der Waals surface area contributed by atoms with E-state index in [-0.39, 0.29) is 5.41 Å². The first kappa shape index (κ1) is 30.2. The fraction of sp³-hybridized carbons (Fsp3) is 0.0625. The van der Waals surface area contributed by atoms with Crippen molar-refractivity contribution in [3.63, 3.8) is 0 Å². The van der Waals surface area contributed by atoms with Gasteiger partial charge in [-0.05, 0) is 64.2 Å². The Labute approximate surface area is 302 Å². The second-order valence-corrected chi connectivity index (χ2v) is 14.0. The summed E-state index contributed by atoms with van der Waals surface area (Å²) in [5, 5.41) is 2.23. The molecule has 0 radical (unpaired) electrons. The van der Waals surface area contributed by atoms with Crippen LogP contribution in [-0.2, 0) is 5.41 Å². The number of rotatable bonds is 5. The number of nitrogens with zero attached hydrogens (tertiary/aromatic N) is 3. The van der Waals surface area contributed by atoms with Gasteiger partial charge in [0, 0.05) is 50.2 Å². The van der Waals surface area contributed by atoms with E-state index >= 15 is 0 Å². The number of hydrogen-bond acceptors (Lipinski definition) is 4. The minimum Gasteiger partial charge on any atom is -0.456 e. The van der Waals surface area contributed by atoms with E-state index in [2.05, 4.69) is 129 Å². The van der Waals surface area contributed by atoms with Crippen molar-refractivity contribution in [3.8, 4) is 67.4 Å². The molecule has 4 heteroatoms. The average molecular weight is 668 g/mol. The van der Waals surface area contributed by atoms with Crippen molar-refractivity contribution in [2.45, 2.75) is 19.3 Å². The van der Waals surface area contributed by atoms with Crippen molar-refractivity contribution < 1.29 is 4.42 Å². The van der Waals surface area contributed by atoms with Gasteiger partial charge in [0.05, 0.1) is 17.1 Å². The molecule has 6 aromatic carbocycles. The number of pyridine rings is 1. The van der Waals surface area contributed by atoms with Gasteiger partial charge in [-0.3, -0.25) is 4.98 Å². The van der Waals surface area contributed by atoms with Crippen LogP contribution in [0.3, 0.4) is 0 Å². The molecule has 9 aromatic rings. The highest BCUT2D eigenvalue weighted by atomic mass is 16.3. The molecule has 3 heterocycles. The van der Waals surface area contributed by atoms with E-state index in [4.69, 9.17) is 19.4 Å². The average Bonchev–Trinajstić information content (AvgIpc) is 3.69. The van der Waals surface area contributed by atoms with Crippen LogP contribution in [0.5, 0.6) is 0 Å². The number of para-hydroxylation sites is 1. The Kier molecular flexibility index (Phi) is 6.80. The Balaban J connectivity index is 1.04.